The molecule has 0 spiro atoms. The molecule has 0 amide bonds. The lowest BCUT2D eigenvalue weighted by Crippen LogP contribution is -2.58. The number of fused-ring (bicyclic) bond motifs is 1. The molecule has 4 atom stereocenters. The van der Waals surface area contributed by atoms with Gasteiger partial charge in [-0.3, -0.25) is 9.59 Å². The Morgan fingerprint density at radius 1 is 1.15 bits per heavy atom. The number of esters is 1. The number of carbonyl (C=O) groups excluding carboxylic acids is 1. The zero-order chi connectivity index (χ0) is 14.9. The van der Waals surface area contributed by atoms with Gasteiger partial charge in [0, 0.05) is 6.54 Å². The van der Waals surface area contributed by atoms with Crippen LogP contribution in [0.3, 0.4) is 0 Å². The summed E-state index contributed by atoms with van der Waals surface area (Å²) in [5.74, 6) is -1.18. The van der Waals surface area contributed by atoms with Gasteiger partial charge in [-0.15, -0.1) is 0 Å². The first-order valence-corrected chi connectivity index (χ1v) is 7.48. The van der Waals surface area contributed by atoms with Crippen LogP contribution in [-0.2, 0) is 14.3 Å². The van der Waals surface area contributed by atoms with Gasteiger partial charge in [0.1, 0.15) is 11.6 Å². The molecule has 20 heavy (non-hydrogen) atoms. The molecule has 1 saturated heterocycles. The largest absolute Gasteiger partial charge is 0.481 e. The van der Waals surface area contributed by atoms with Crippen LogP contribution in [0.2, 0.25) is 0 Å². The number of carboxylic acids is 1. The van der Waals surface area contributed by atoms with Gasteiger partial charge in [0.05, 0.1) is 5.92 Å². The minimum absolute atomic E-state index is 0.0912. The van der Waals surface area contributed by atoms with Crippen LogP contribution in [0.25, 0.3) is 0 Å². The van der Waals surface area contributed by atoms with Crippen LogP contribution in [0.1, 0.15) is 46.5 Å². The summed E-state index contributed by atoms with van der Waals surface area (Å²) in [6.07, 6.45) is 3.94. The Morgan fingerprint density at radius 2 is 1.75 bits per heavy atom. The topological polar surface area (TPSA) is 75.6 Å². The van der Waals surface area contributed by atoms with Crippen molar-refractivity contribution in [1.29, 1.82) is 0 Å². The fourth-order valence-corrected chi connectivity index (χ4v) is 3.55. The maximum Gasteiger partial charge on any atom is 0.323 e. The van der Waals surface area contributed by atoms with Crippen molar-refractivity contribution >= 4 is 11.9 Å². The quantitative estimate of drug-likeness (QED) is 0.756. The van der Waals surface area contributed by atoms with Crippen LogP contribution in [0.15, 0.2) is 0 Å². The lowest BCUT2D eigenvalue weighted by molar-refractivity contribution is -0.164. The SMILES string of the molecule is CC(C)(C)OC(=O)C1NC[C@@H](C(=O)O)[C@H]2CCCC[C@@H]12. The summed E-state index contributed by atoms with van der Waals surface area (Å²) in [6.45, 7) is 5.92. The maximum absolute atomic E-state index is 12.3. The number of aliphatic carboxylic acids is 1. The highest BCUT2D eigenvalue weighted by atomic mass is 16.6. The normalized spacial score (nSPS) is 34.1. The highest BCUT2D eigenvalue weighted by Crippen LogP contribution is 2.40. The zero-order valence-corrected chi connectivity index (χ0v) is 12.5. The van der Waals surface area contributed by atoms with E-state index in [1.165, 1.54) is 0 Å². The van der Waals surface area contributed by atoms with E-state index in [4.69, 9.17) is 4.74 Å². The number of hydrogen-bond donors (Lipinski definition) is 2. The molecule has 5 nitrogen and oxygen atoms in total. The summed E-state index contributed by atoms with van der Waals surface area (Å²) >= 11 is 0. The molecule has 0 aromatic heterocycles. The molecule has 1 saturated carbocycles. The second-order valence-electron chi connectivity index (χ2n) is 6.98. The van der Waals surface area contributed by atoms with Crippen molar-refractivity contribution < 1.29 is 19.4 Å². The van der Waals surface area contributed by atoms with Crippen molar-refractivity contribution in [2.75, 3.05) is 6.54 Å². The molecular formula is C15H25NO4. The number of carboxylic acid groups (broad SMARTS) is 1. The van der Waals surface area contributed by atoms with Gasteiger partial charge in [-0.2, -0.15) is 0 Å². The number of piperidine rings is 1. The van der Waals surface area contributed by atoms with E-state index in [-0.39, 0.29) is 29.8 Å². The summed E-state index contributed by atoms with van der Waals surface area (Å²) in [5.41, 5.74) is -0.507. The molecule has 1 unspecified atom stereocenters. The molecular weight excluding hydrogens is 258 g/mol. The minimum atomic E-state index is -0.753. The summed E-state index contributed by atoms with van der Waals surface area (Å²) in [6, 6.07) is -0.352. The van der Waals surface area contributed by atoms with E-state index in [9.17, 15) is 14.7 Å². The molecule has 0 bridgehead atoms. The fraction of sp³-hybridized carbons (Fsp3) is 0.867. The van der Waals surface area contributed by atoms with Crippen LogP contribution in [0.5, 0.6) is 0 Å². The Bertz CT molecular complexity index is 388. The number of rotatable bonds is 2. The van der Waals surface area contributed by atoms with Gasteiger partial charge in [0.25, 0.3) is 0 Å². The van der Waals surface area contributed by atoms with E-state index in [2.05, 4.69) is 5.32 Å². The third kappa shape index (κ3) is 3.32. The van der Waals surface area contributed by atoms with Crippen molar-refractivity contribution in [1.82, 2.24) is 5.32 Å². The monoisotopic (exact) mass is 283 g/mol. The Morgan fingerprint density at radius 3 is 2.30 bits per heavy atom. The van der Waals surface area contributed by atoms with Gasteiger partial charge in [-0.25, -0.2) is 0 Å². The summed E-state index contributed by atoms with van der Waals surface area (Å²) in [4.78, 5) is 23.7. The minimum Gasteiger partial charge on any atom is -0.481 e. The van der Waals surface area contributed by atoms with Gasteiger partial charge in [-0.1, -0.05) is 12.8 Å². The van der Waals surface area contributed by atoms with Crippen molar-refractivity contribution in [3.8, 4) is 0 Å². The molecule has 0 aromatic carbocycles. The van der Waals surface area contributed by atoms with Crippen molar-refractivity contribution in [3.05, 3.63) is 0 Å². The van der Waals surface area contributed by atoms with E-state index < -0.39 is 11.6 Å². The van der Waals surface area contributed by atoms with Crippen LogP contribution < -0.4 is 5.32 Å². The summed E-state index contributed by atoms with van der Waals surface area (Å²) < 4.78 is 5.47. The van der Waals surface area contributed by atoms with Crippen molar-refractivity contribution in [3.63, 3.8) is 0 Å². The van der Waals surface area contributed by atoms with Crippen LogP contribution in [0, 0.1) is 17.8 Å². The molecule has 1 aliphatic heterocycles. The predicted molar refractivity (Wildman–Crippen MR) is 74.2 cm³/mol. The molecule has 1 heterocycles. The van der Waals surface area contributed by atoms with E-state index in [0.717, 1.165) is 25.7 Å². The molecule has 0 radical (unpaired) electrons. The second-order valence-corrected chi connectivity index (χ2v) is 6.98. The summed E-state index contributed by atoms with van der Waals surface area (Å²) in [5, 5.41) is 12.4. The Hall–Kier alpha value is -1.10. The third-order valence-corrected chi connectivity index (χ3v) is 4.36. The number of ether oxygens (including phenoxy) is 1. The smallest absolute Gasteiger partial charge is 0.323 e. The fourth-order valence-electron chi connectivity index (χ4n) is 3.55. The Balaban J connectivity index is 2.12. The predicted octanol–water partition coefficient (Wildman–Crippen LogP) is 1.81. The van der Waals surface area contributed by atoms with Gasteiger partial charge < -0.3 is 15.2 Å². The molecule has 114 valence electrons. The number of nitrogens with one attached hydrogen (secondary N) is 1. The first kappa shape index (κ1) is 15.3. The molecule has 2 rings (SSSR count). The van der Waals surface area contributed by atoms with E-state index in [0.29, 0.717) is 6.54 Å². The lowest BCUT2D eigenvalue weighted by Gasteiger charge is -2.44. The van der Waals surface area contributed by atoms with Crippen molar-refractivity contribution in [2.45, 2.75) is 58.1 Å². The highest BCUT2D eigenvalue weighted by Gasteiger charge is 2.46. The van der Waals surface area contributed by atoms with E-state index in [1.807, 2.05) is 20.8 Å². The van der Waals surface area contributed by atoms with Crippen LogP contribution in [-0.4, -0.2) is 35.2 Å². The molecule has 1 aliphatic carbocycles. The number of hydrogen-bond acceptors (Lipinski definition) is 4. The molecule has 2 aliphatic rings. The van der Waals surface area contributed by atoms with E-state index >= 15 is 0 Å². The van der Waals surface area contributed by atoms with Crippen molar-refractivity contribution in [2.24, 2.45) is 17.8 Å². The van der Waals surface area contributed by atoms with Gasteiger partial charge in [-0.05, 0) is 45.4 Å². The number of carbonyl (C=O) groups is 2. The van der Waals surface area contributed by atoms with Gasteiger partial charge in [0.15, 0.2) is 0 Å². The Kier molecular flexibility index (Phi) is 4.37. The van der Waals surface area contributed by atoms with E-state index in [1.54, 1.807) is 0 Å². The van der Waals surface area contributed by atoms with Crippen LogP contribution >= 0.6 is 0 Å². The van der Waals surface area contributed by atoms with Crippen LogP contribution in [0.4, 0.5) is 0 Å². The Labute approximate surface area is 120 Å². The second kappa shape index (κ2) is 5.72. The average molecular weight is 283 g/mol. The maximum atomic E-state index is 12.3. The highest BCUT2D eigenvalue weighted by molar-refractivity contribution is 5.78. The first-order valence-electron chi connectivity index (χ1n) is 7.48. The summed E-state index contributed by atoms with van der Waals surface area (Å²) in [7, 11) is 0. The van der Waals surface area contributed by atoms with Gasteiger partial charge >= 0.3 is 11.9 Å². The first-order chi connectivity index (χ1) is 9.29. The molecule has 2 N–H and O–H groups in total. The lowest BCUT2D eigenvalue weighted by atomic mass is 9.67. The van der Waals surface area contributed by atoms with Gasteiger partial charge in [0.2, 0.25) is 0 Å². The third-order valence-electron chi connectivity index (χ3n) is 4.36. The zero-order valence-electron chi connectivity index (χ0n) is 12.5. The standard InChI is InChI=1S/C15H25NO4/c1-15(2,3)20-14(19)12-10-7-5-4-6-9(10)11(8-16-12)13(17)18/h9-12,16H,4-8H2,1-3H3,(H,17,18)/t9-,10+,11+,12?/m0/s1. The molecule has 2 fully saturated rings. The molecule has 5 heteroatoms. The average Bonchev–Trinajstić information content (AvgIpc) is 2.35. The molecule has 0 aromatic rings.